The van der Waals surface area contributed by atoms with Gasteiger partial charge in [0.15, 0.2) is 0 Å². The summed E-state index contributed by atoms with van der Waals surface area (Å²) in [5.41, 5.74) is 4.30. The molecule has 0 aliphatic carbocycles. The molecule has 136 valence electrons. The number of hydrogen-bond donors (Lipinski definition) is 1. The zero-order valence-electron chi connectivity index (χ0n) is 15.1. The molecule has 27 heavy (non-hydrogen) atoms. The number of methoxy groups -OCH3 is 1. The molecule has 0 bridgehead atoms. The van der Waals surface area contributed by atoms with Crippen LogP contribution in [-0.4, -0.2) is 24.7 Å². The van der Waals surface area contributed by atoms with Gasteiger partial charge in [-0.15, -0.1) is 0 Å². The average Bonchev–Trinajstić information content (AvgIpc) is 2.74. The zero-order valence-corrected chi connectivity index (χ0v) is 15.1. The normalized spacial score (nSPS) is 15.9. The highest BCUT2D eigenvalue weighted by molar-refractivity contribution is 6.07. The van der Waals surface area contributed by atoms with E-state index in [0.29, 0.717) is 24.3 Å². The minimum atomic E-state index is -0.584. The molecule has 1 atom stereocenters. The van der Waals surface area contributed by atoms with Gasteiger partial charge in [-0.3, -0.25) is 4.79 Å². The molecule has 1 aliphatic heterocycles. The van der Waals surface area contributed by atoms with Crippen molar-refractivity contribution in [1.29, 1.82) is 0 Å². The third-order valence-electron chi connectivity index (χ3n) is 4.99. The van der Waals surface area contributed by atoms with Crippen molar-refractivity contribution >= 4 is 11.6 Å². The van der Waals surface area contributed by atoms with E-state index in [9.17, 15) is 9.90 Å². The van der Waals surface area contributed by atoms with E-state index in [1.165, 1.54) is 0 Å². The Labute approximate surface area is 158 Å². The number of anilines is 1. The Hall–Kier alpha value is -3.11. The first-order valence-corrected chi connectivity index (χ1v) is 9.01. The predicted octanol–water partition coefficient (Wildman–Crippen LogP) is 4.45. The van der Waals surface area contributed by atoms with Crippen molar-refractivity contribution in [3.8, 4) is 16.9 Å². The van der Waals surface area contributed by atoms with Crippen LogP contribution in [-0.2, 0) is 0 Å². The van der Waals surface area contributed by atoms with Crippen LogP contribution in [0.25, 0.3) is 11.1 Å². The number of aliphatic hydroxyl groups is 1. The highest BCUT2D eigenvalue weighted by Gasteiger charge is 2.28. The van der Waals surface area contributed by atoms with E-state index in [1.807, 2.05) is 66.7 Å². The number of aliphatic hydroxyl groups excluding tert-OH is 1. The van der Waals surface area contributed by atoms with Crippen molar-refractivity contribution in [3.63, 3.8) is 0 Å². The number of fused-ring (bicyclic) bond motifs is 1. The van der Waals surface area contributed by atoms with Gasteiger partial charge in [0.05, 0.1) is 18.9 Å². The van der Waals surface area contributed by atoms with Gasteiger partial charge >= 0.3 is 0 Å². The Morgan fingerprint density at radius 1 is 1.00 bits per heavy atom. The summed E-state index contributed by atoms with van der Waals surface area (Å²) in [6.45, 7) is 0.486. The van der Waals surface area contributed by atoms with Crippen LogP contribution in [0.4, 0.5) is 5.69 Å². The highest BCUT2D eigenvalue weighted by atomic mass is 16.5. The van der Waals surface area contributed by atoms with Crippen LogP contribution in [0.15, 0.2) is 72.8 Å². The topological polar surface area (TPSA) is 49.8 Å². The Balaban J connectivity index is 1.63. The van der Waals surface area contributed by atoms with Crippen molar-refractivity contribution < 1.29 is 14.6 Å². The van der Waals surface area contributed by atoms with Gasteiger partial charge in [-0.25, -0.2) is 0 Å². The second-order valence-corrected chi connectivity index (χ2v) is 6.63. The van der Waals surface area contributed by atoms with Gasteiger partial charge in [0, 0.05) is 17.7 Å². The van der Waals surface area contributed by atoms with Crippen molar-refractivity contribution in [1.82, 2.24) is 0 Å². The van der Waals surface area contributed by atoms with Crippen LogP contribution in [0, 0.1) is 0 Å². The minimum Gasteiger partial charge on any atom is -0.497 e. The fraction of sp³-hybridized carbons (Fsp3) is 0.174. The molecule has 0 fully saturated rings. The summed E-state index contributed by atoms with van der Waals surface area (Å²) in [6.07, 6.45) is -0.0758. The van der Waals surface area contributed by atoms with E-state index in [0.717, 1.165) is 22.4 Å². The molecule has 0 saturated carbocycles. The monoisotopic (exact) mass is 359 g/mol. The maximum Gasteiger partial charge on any atom is 0.258 e. The Morgan fingerprint density at radius 3 is 2.41 bits per heavy atom. The van der Waals surface area contributed by atoms with E-state index in [-0.39, 0.29) is 5.91 Å². The first-order valence-electron chi connectivity index (χ1n) is 9.01. The summed E-state index contributed by atoms with van der Waals surface area (Å²) >= 11 is 0. The Bertz CT molecular complexity index is 951. The summed E-state index contributed by atoms with van der Waals surface area (Å²) in [6, 6.07) is 23.2. The number of nitrogens with zero attached hydrogens (tertiary/aromatic N) is 1. The van der Waals surface area contributed by atoms with Gasteiger partial charge < -0.3 is 14.7 Å². The standard InChI is InChI=1S/C23H21NO3/c1-27-19-11-12-21-20(15-19)22(25)13-14-24(21)23(26)18-9-7-17(8-10-18)16-5-3-2-4-6-16/h2-12,15,22,25H,13-14H2,1H3. The summed E-state index contributed by atoms with van der Waals surface area (Å²) < 4.78 is 5.25. The molecule has 1 N–H and O–H groups in total. The summed E-state index contributed by atoms with van der Waals surface area (Å²) in [5.74, 6) is 0.613. The maximum atomic E-state index is 13.1. The second kappa shape index (κ2) is 7.25. The molecule has 0 saturated heterocycles. The largest absolute Gasteiger partial charge is 0.497 e. The second-order valence-electron chi connectivity index (χ2n) is 6.63. The molecule has 3 aromatic carbocycles. The molecular formula is C23H21NO3. The Kier molecular flexibility index (Phi) is 4.65. The predicted molar refractivity (Wildman–Crippen MR) is 106 cm³/mol. The molecule has 4 rings (SSSR count). The quantitative estimate of drug-likeness (QED) is 0.752. The molecule has 1 amide bonds. The maximum absolute atomic E-state index is 13.1. The number of amides is 1. The Morgan fingerprint density at radius 2 is 1.70 bits per heavy atom. The van der Waals surface area contributed by atoms with Gasteiger partial charge in [0.2, 0.25) is 0 Å². The van der Waals surface area contributed by atoms with Crippen LogP contribution < -0.4 is 9.64 Å². The molecule has 1 unspecified atom stereocenters. The molecular weight excluding hydrogens is 338 g/mol. The van der Waals surface area contributed by atoms with Crippen LogP contribution in [0.2, 0.25) is 0 Å². The van der Waals surface area contributed by atoms with Crippen LogP contribution in [0.1, 0.15) is 28.4 Å². The van der Waals surface area contributed by atoms with E-state index in [1.54, 1.807) is 18.1 Å². The lowest BCUT2D eigenvalue weighted by molar-refractivity contribution is 0.0970. The van der Waals surface area contributed by atoms with Crippen molar-refractivity contribution in [2.24, 2.45) is 0 Å². The van der Waals surface area contributed by atoms with Gasteiger partial charge in [-0.2, -0.15) is 0 Å². The van der Waals surface area contributed by atoms with Crippen LogP contribution in [0.5, 0.6) is 5.75 Å². The molecule has 3 aromatic rings. The first kappa shape index (κ1) is 17.3. The smallest absolute Gasteiger partial charge is 0.258 e. The molecule has 0 aromatic heterocycles. The van der Waals surface area contributed by atoms with Gasteiger partial charge in [-0.05, 0) is 47.9 Å². The number of benzene rings is 3. The molecule has 1 aliphatic rings. The third-order valence-corrected chi connectivity index (χ3v) is 4.99. The van der Waals surface area contributed by atoms with E-state index in [4.69, 9.17) is 4.74 Å². The van der Waals surface area contributed by atoms with Crippen LogP contribution >= 0.6 is 0 Å². The third kappa shape index (κ3) is 3.32. The van der Waals surface area contributed by atoms with E-state index in [2.05, 4.69) is 0 Å². The molecule has 4 heteroatoms. The molecule has 4 nitrogen and oxygen atoms in total. The minimum absolute atomic E-state index is 0.0621. The summed E-state index contributed by atoms with van der Waals surface area (Å²) in [5, 5.41) is 10.3. The zero-order chi connectivity index (χ0) is 18.8. The SMILES string of the molecule is COc1ccc2c(c1)C(O)CCN2C(=O)c1ccc(-c2ccccc2)cc1. The van der Waals surface area contributed by atoms with Crippen LogP contribution in [0.3, 0.4) is 0 Å². The molecule has 0 radical (unpaired) electrons. The lowest BCUT2D eigenvalue weighted by Gasteiger charge is -2.32. The lowest BCUT2D eigenvalue weighted by Crippen LogP contribution is -2.36. The number of carbonyl (C=O) groups excluding carboxylic acids is 1. The summed E-state index contributed by atoms with van der Waals surface area (Å²) in [7, 11) is 1.59. The number of ether oxygens (including phenoxy) is 1. The van der Waals surface area contributed by atoms with Gasteiger partial charge in [0.25, 0.3) is 5.91 Å². The van der Waals surface area contributed by atoms with Crippen molar-refractivity contribution in [2.45, 2.75) is 12.5 Å². The highest BCUT2D eigenvalue weighted by Crippen LogP contribution is 2.37. The fourth-order valence-corrected chi connectivity index (χ4v) is 3.50. The summed E-state index contributed by atoms with van der Waals surface area (Å²) in [4.78, 5) is 14.8. The van der Waals surface area contributed by atoms with Gasteiger partial charge in [0.1, 0.15) is 5.75 Å². The van der Waals surface area contributed by atoms with Crippen molar-refractivity contribution in [2.75, 3.05) is 18.6 Å². The number of carbonyl (C=O) groups is 1. The van der Waals surface area contributed by atoms with E-state index >= 15 is 0 Å². The first-order chi connectivity index (χ1) is 13.2. The molecule has 1 heterocycles. The van der Waals surface area contributed by atoms with Gasteiger partial charge in [-0.1, -0.05) is 42.5 Å². The lowest BCUT2D eigenvalue weighted by atomic mass is 9.97. The number of hydrogen-bond acceptors (Lipinski definition) is 3. The average molecular weight is 359 g/mol. The fourth-order valence-electron chi connectivity index (χ4n) is 3.50. The van der Waals surface area contributed by atoms with E-state index < -0.39 is 6.10 Å². The molecule has 0 spiro atoms. The van der Waals surface area contributed by atoms with Crippen molar-refractivity contribution in [3.05, 3.63) is 83.9 Å². The number of rotatable bonds is 3.